The normalized spacial score (nSPS) is 12.1. The minimum Gasteiger partial charge on any atom is -0.504 e. The number of benzene rings is 1. The highest BCUT2D eigenvalue weighted by molar-refractivity contribution is 5.79. The van der Waals surface area contributed by atoms with E-state index in [0.717, 1.165) is 18.4 Å². The summed E-state index contributed by atoms with van der Waals surface area (Å²) in [5.41, 5.74) is 0.994. The molecule has 1 rings (SSSR count). The lowest BCUT2D eigenvalue weighted by atomic mass is 10.00. The number of rotatable bonds is 15. The molecule has 0 amide bonds. The smallest absolute Gasteiger partial charge is 0.160 e. The summed E-state index contributed by atoms with van der Waals surface area (Å²) in [5.74, 6) is 0.798. The van der Waals surface area contributed by atoms with E-state index in [0.29, 0.717) is 25.0 Å². The quantitative estimate of drug-likeness (QED) is 0.421. The topological polar surface area (TPSA) is 55.8 Å². The standard InChI is InChI=1S/C22H36O4/c1-4-5-6-7-8-9-10-11-20(25-2)17-19(23)14-12-18-13-15-21(24)22(16-18)26-3/h13,15-16,20,24H,4-12,14,17H2,1-3H3/t20-/m1/s1. The van der Waals surface area contributed by atoms with Crippen LogP contribution in [0.25, 0.3) is 0 Å². The number of phenols is 1. The van der Waals surface area contributed by atoms with Gasteiger partial charge in [-0.3, -0.25) is 4.79 Å². The predicted octanol–water partition coefficient (Wildman–Crippen LogP) is 5.45. The van der Waals surface area contributed by atoms with Crippen molar-refractivity contribution in [3.63, 3.8) is 0 Å². The zero-order valence-corrected chi connectivity index (χ0v) is 16.8. The number of methoxy groups -OCH3 is 2. The van der Waals surface area contributed by atoms with Crippen LogP contribution in [0.1, 0.15) is 76.7 Å². The molecule has 1 atom stereocenters. The highest BCUT2D eigenvalue weighted by atomic mass is 16.5. The van der Waals surface area contributed by atoms with E-state index in [-0.39, 0.29) is 17.6 Å². The Morgan fingerprint density at radius 1 is 1.08 bits per heavy atom. The molecule has 0 aliphatic carbocycles. The predicted molar refractivity (Wildman–Crippen MR) is 106 cm³/mol. The van der Waals surface area contributed by atoms with Gasteiger partial charge in [0.05, 0.1) is 13.2 Å². The Hall–Kier alpha value is -1.55. The number of unbranched alkanes of at least 4 members (excludes halogenated alkanes) is 6. The van der Waals surface area contributed by atoms with Crippen LogP contribution in [-0.4, -0.2) is 31.2 Å². The fourth-order valence-corrected chi connectivity index (χ4v) is 3.15. The fourth-order valence-electron chi connectivity index (χ4n) is 3.15. The minimum atomic E-state index is 0.0347. The van der Waals surface area contributed by atoms with E-state index < -0.39 is 0 Å². The molecule has 0 unspecified atom stereocenters. The zero-order chi connectivity index (χ0) is 19.2. The molecule has 1 aromatic carbocycles. The van der Waals surface area contributed by atoms with Crippen molar-refractivity contribution in [2.24, 2.45) is 0 Å². The van der Waals surface area contributed by atoms with Gasteiger partial charge < -0.3 is 14.6 Å². The molecule has 0 saturated carbocycles. The van der Waals surface area contributed by atoms with E-state index in [2.05, 4.69) is 6.92 Å². The second kappa shape index (κ2) is 13.6. The lowest BCUT2D eigenvalue weighted by molar-refractivity contribution is -0.121. The minimum absolute atomic E-state index is 0.0347. The summed E-state index contributed by atoms with van der Waals surface area (Å²) in [6.07, 6.45) is 11.6. The third-order valence-electron chi connectivity index (χ3n) is 4.85. The zero-order valence-electron chi connectivity index (χ0n) is 16.8. The molecule has 4 nitrogen and oxygen atoms in total. The van der Waals surface area contributed by atoms with Crippen LogP contribution < -0.4 is 4.74 Å². The van der Waals surface area contributed by atoms with Gasteiger partial charge in [-0.1, -0.05) is 57.9 Å². The Kier molecular flexibility index (Phi) is 11.8. The van der Waals surface area contributed by atoms with Crippen molar-refractivity contribution in [3.05, 3.63) is 23.8 Å². The summed E-state index contributed by atoms with van der Waals surface area (Å²) >= 11 is 0. The van der Waals surface area contributed by atoms with Crippen LogP contribution in [0, 0.1) is 0 Å². The molecule has 148 valence electrons. The third-order valence-corrected chi connectivity index (χ3v) is 4.85. The Bertz CT molecular complexity index is 513. The van der Waals surface area contributed by atoms with E-state index in [9.17, 15) is 9.90 Å². The van der Waals surface area contributed by atoms with Crippen molar-refractivity contribution in [2.75, 3.05) is 14.2 Å². The highest BCUT2D eigenvalue weighted by Gasteiger charge is 2.13. The van der Waals surface area contributed by atoms with E-state index >= 15 is 0 Å². The van der Waals surface area contributed by atoms with Gasteiger partial charge in [-0.05, 0) is 30.5 Å². The van der Waals surface area contributed by atoms with Gasteiger partial charge in [-0.15, -0.1) is 0 Å². The first-order valence-corrected chi connectivity index (χ1v) is 10.0. The molecule has 0 aromatic heterocycles. The number of ether oxygens (including phenoxy) is 2. The van der Waals surface area contributed by atoms with E-state index in [1.165, 1.54) is 45.6 Å². The van der Waals surface area contributed by atoms with Crippen molar-refractivity contribution in [1.29, 1.82) is 0 Å². The first kappa shape index (κ1) is 22.5. The summed E-state index contributed by atoms with van der Waals surface area (Å²) in [6, 6.07) is 5.23. The number of aryl methyl sites for hydroxylation is 1. The SMILES string of the molecule is CCCCCCCCC[C@H](CC(=O)CCc1ccc(O)c(OC)c1)OC. The summed E-state index contributed by atoms with van der Waals surface area (Å²) < 4.78 is 10.6. The van der Waals surface area contributed by atoms with Crippen LogP contribution in [0.4, 0.5) is 0 Å². The van der Waals surface area contributed by atoms with Crippen molar-refractivity contribution >= 4 is 5.78 Å². The number of phenolic OH excluding ortho intramolecular Hbond substituents is 1. The Morgan fingerprint density at radius 3 is 2.42 bits per heavy atom. The molecule has 1 N–H and O–H groups in total. The second-order valence-corrected chi connectivity index (χ2v) is 7.02. The molecule has 1 aromatic rings. The van der Waals surface area contributed by atoms with Crippen molar-refractivity contribution in [1.82, 2.24) is 0 Å². The number of carbonyl (C=O) groups is 1. The Morgan fingerprint density at radius 2 is 1.77 bits per heavy atom. The molecule has 0 fully saturated rings. The van der Waals surface area contributed by atoms with Gasteiger partial charge in [0.2, 0.25) is 0 Å². The van der Waals surface area contributed by atoms with Crippen molar-refractivity contribution in [2.45, 2.75) is 83.7 Å². The molecule has 0 aliphatic heterocycles. The molecule has 26 heavy (non-hydrogen) atoms. The number of aromatic hydroxyl groups is 1. The van der Waals surface area contributed by atoms with Crippen LogP contribution in [0.3, 0.4) is 0 Å². The average molecular weight is 365 g/mol. The van der Waals surface area contributed by atoms with Crippen molar-refractivity contribution in [3.8, 4) is 11.5 Å². The fraction of sp³-hybridized carbons (Fsp3) is 0.682. The number of carbonyl (C=O) groups excluding carboxylic acids is 1. The van der Waals surface area contributed by atoms with Gasteiger partial charge in [-0.25, -0.2) is 0 Å². The summed E-state index contributed by atoms with van der Waals surface area (Å²) in [5, 5.41) is 9.62. The van der Waals surface area contributed by atoms with Crippen LogP contribution in [0.5, 0.6) is 11.5 Å². The molecular weight excluding hydrogens is 328 g/mol. The maximum atomic E-state index is 12.3. The van der Waals surface area contributed by atoms with Gasteiger partial charge in [0.1, 0.15) is 5.78 Å². The lowest BCUT2D eigenvalue weighted by Crippen LogP contribution is -2.16. The number of hydrogen-bond donors (Lipinski definition) is 1. The molecule has 0 bridgehead atoms. The van der Waals surface area contributed by atoms with Crippen LogP contribution in [0.15, 0.2) is 18.2 Å². The maximum Gasteiger partial charge on any atom is 0.160 e. The van der Waals surface area contributed by atoms with E-state index in [4.69, 9.17) is 9.47 Å². The number of Topliss-reactive ketones (excluding diaryl/α,β-unsaturated/α-hetero) is 1. The number of ketones is 1. The molecule has 0 radical (unpaired) electrons. The van der Waals surface area contributed by atoms with Gasteiger partial charge in [0.15, 0.2) is 11.5 Å². The summed E-state index contributed by atoms with van der Waals surface area (Å²) in [6.45, 7) is 2.23. The Labute approximate surface area is 158 Å². The Balaban J connectivity index is 2.25. The third kappa shape index (κ3) is 9.23. The lowest BCUT2D eigenvalue weighted by Gasteiger charge is -2.14. The first-order valence-electron chi connectivity index (χ1n) is 10.0. The molecule has 4 heteroatoms. The van der Waals surface area contributed by atoms with Crippen LogP contribution >= 0.6 is 0 Å². The summed E-state index contributed by atoms with van der Waals surface area (Å²) in [4.78, 5) is 12.3. The van der Waals surface area contributed by atoms with E-state index in [1.807, 2.05) is 6.07 Å². The molecular formula is C22H36O4. The largest absolute Gasteiger partial charge is 0.504 e. The second-order valence-electron chi connectivity index (χ2n) is 7.02. The first-order chi connectivity index (χ1) is 12.6. The van der Waals surface area contributed by atoms with Crippen LogP contribution in [0.2, 0.25) is 0 Å². The van der Waals surface area contributed by atoms with Gasteiger partial charge in [0.25, 0.3) is 0 Å². The van der Waals surface area contributed by atoms with Gasteiger partial charge in [0, 0.05) is 20.0 Å². The molecule has 0 saturated heterocycles. The molecule has 0 spiro atoms. The average Bonchev–Trinajstić information content (AvgIpc) is 2.65. The number of hydrogen-bond acceptors (Lipinski definition) is 4. The van der Waals surface area contributed by atoms with Gasteiger partial charge in [-0.2, -0.15) is 0 Å². The van der Waals surface area contributed by atoms with Gasteiger partial charge >= 0.3 is 0 Å². The molecule has 0 heterocycles. The maximum absolute atomic E-state index is 12.3. The molecule has 0 aliphatic rings. The van der Waals surface area contributed by atoms with E-state index in [1.54, 1.807) is 19.2 Å². The van der Waals surface area contributed by atoms with Crippen molar-refractivity contribution < 1.29 is 19.4 Å². The monoisotopic (exact) mass is 364 g/mol. The summed E-state index contributed by atoms with van der Waals surface area (Å²) in [7, 11) is 3.22. The van der Waals surface area contributed by atoms with Crippen LogP contribution in [-0.2, 0) is 16.0 Å². The highest BCUT2D eigenvalue weighted by Crippen LogP contribution is 2.26.